The predicted molar refractivity (Wildman–Crippen MR) is 66.1 cm³/mol. The van der Waals surface area contributed by atoms with Gasteiger partial charge in [-0.2, -0.15) is 0 Å². The maximum Gasteiger partial charge on any atom is 0.143 e. The summed E-state index contributed by atoms with van der Waals surface area (Å²) >= 11 is 6.06. The fourth-order valence-electron chi connectivity index (χ4n) is 1.34. The molecule has 0 bridgehead atoms. The van der Waals surface area contributed by atoms with E-state index in [0.29, 0.717) is 0 Å². The van der Waals surface area contributed by atoms with Crippen molar-refractivity contribution in [3.05, 3.63) is 22.7 Å². The molecule has 0 fully saturated rings. The molecule has 2 nitrogen and oxygen atoms in total. The largest absolute Gasteiger partial charge is 0.489 e. The summed E-state index contributed by atoms with van der Waals surface area (Å²) in [4.78, 5) is 0. The summed E-state index contributed by atoms with van der Waals surface area (Å²) in [5, 5.41) is 4.01. The van der Waals surface area contributed by atoms with E-state index in [1.165, 1.54) is 0 Å². The van der Waals surface area contributed by atoms with Gasteiger partial charge in [0, 0.05) is 11.6 Å². The van der Waals surface area contributed by atoms with Gasteiger partial charge in [0.25, 0.3) is 0 Å². The third-order valence-electron chi connectivity index (χ3n) is 1.99. The summed E-state index contributed by atoms with van der Waals surface area (Å²) in [7, 11) is 0. The molecule has 1 aromatic rings. The number of ether oxygens (including phenoxy) is 1. The van der Waals surface area contributed by atoms with Crippen molar-refractivity contribution >= 4 is 17.3 Å². The lowest BCUT2D eigenvalue weighted by Crippen LogP contribution is -2.09. The van der Waals surface area contributed by atoms with Gasteiger partial charge in [0.2, 0.25) is 0 Å². The summed E-state index contributed by atoms with van der Waals surface area (Å²) in [6.45, 7) is 8.91. The van der Waals surface area contributed by atoms with E-state index >= 15 is 0 Å². The van der Waals surface area contributed by atoms with Crippen molar-refractivity contribution in [2.75, 3.05) is 11.9 Å². The van der Waals surface area contributed by atoms with E-state index in [1.54, 1.807) is 0 Å². The van der Waals surface area contributed by atoms with E-state index in [9.17, 15) is 0 Å². The Morgan fingerprint density at radius 1 is 1.40 bits per heavy atom. The van der Waals surface area contributed by atoms with Crippen LogP contribution in [-0.4, -0.2) is 12.6 Å². The van der Waals surface area contributed by atoms with Crippen LogP contribution in [0.4, 0.5) is 5.69 Å². The van der Waals surface area contributed by atoms with Crippen molar-refractivity contribution < 1.29 is 4.74 Å². The molecule has 1 rings (SSSR count). The Labute approximate surface area is 96.6 Å². The molecule has 0 aliphatic heterocycles. The minimum Gasteiger partial charge on any atom is -0.489 e. The van der Waals surface area contributed by atoms with Crippen LogP contribution in [-0.2, 0) is 0 Å². The van der Waals surface area contributed by atoms with Crippen LogP contribution in [0.1, 0.15) is 26.3 Å². The van der Waals surface area contributed by atoms with Crippen LogP contribution < -0.4 is 10.1 Å². The fourth-order valence-corrected chi connectivity index (χ4v) is 1.50. The van der Waals surface area contributed by atoms with Gasteiger partial charge in [0.15, 0.2) is 0 Å². The Balaban J connectivity index is 3.04. The van der Waals surface area contributed by atoms with E-state index in [0.717, 1.165) is 28.6 Å². The van der Waals surface area contributed by atoms with Crippen molar-refractivity contribution in [1.82, 2.24) is 0 Å². The van der Waals surface area contributed by atoms with E-state index in [4.69, 9.17) is 16.3 Å². The molecule has 0 aliphatic carbocycles. The zero-order chi connectivity index (χ0) is 11.4. The second-order valence-electron chi connectivity index (χ2n) is 3.79. The third-order valence-corrected chi connectivity index (χ3v) is 2.40. The van der Waals surface area contributed by atoms with Crippen LogP contribution in [0.15, 0.2) is 12.1 Å². The molecule has 0 saturated carbocycles. The molecule has 1 N–H and O–H groups in total. The summed E-state index contributed by atoms with van der Waals surface area (Å²) in [5.41, 5.74) is 2.00. The maximum absolute atomic E-state index is 6.06. The first-order valence-corrected chi connectivity index (χ1v) is 5.63. The minimum absolute atomic E-state index is 0.169. The molecule has 0 unspecified atom stereocenters. The maximum atomic E-state index is 6.06. The molecular formula is C12H18ClNO. The predicted octanol–water partition coefficient (Wildman–Crippen LogP) is 3.87. The molecule has 0 atom stereocenters. The lowest BCUT2D eigenvalue weighted by Gasteiger charge is -2.16. The van der Waals surface area contributed by atoms with E-state index in [2.05, 4.69) is 5.32 Å². The van der Waals surface area contributed by atoms with Gasteiger partial charge < -0.3 is 10.1 Å². The first-order chi connectivity index (χ1) is 7.04. The quantitative estimate of drug-likeness (QED) is 0.843. The van der Waals surface area contributed by atoms with Gasteiger partial charge in [0.1, 0.15) is 5.75 Å². The first-order valence-electron chi connectivity index (χ1n) is 5.25. The smallest absolute Gasteiger partial charge is 0.143 e. The Bertz CT molecular complexity index is 337. The number of rotatable bonds is 4. The topological polar surface area (TPSA) is 21.3 Å². The molecule has 0 amide bonds. The van der Waals surface area contributed by atoms with Crippen LogP contribution in [0.3, 0.4) is 0 Å². The minimum atomic E-state index is 0.169. The zero-order valence-electron chi connectivity index (χ0n) is 9.73. The lowest BCUT2D eigenvalue weighted by atomic mass is 10.2. The van der Waals surface area contributed by atoms with Crippen molar-refractivity contribution in [3.63, 3.8) is 0 Å². The standard InChI is InChI=1S/C12H18ClNO/c1-5-14-11-7-10(13)9(4)6-12(11)15-8(2)3/h6-8,14H,5H2,1-4H3. The Kier molecular flexibility index (Phi) is 4.28. The molecule has 0 aliphatic rings. The van der Waals surface area contributed by atoms with Crippen LogP contribution in [0.25, 0.3) is 0 Å². The number of hydrogen-bond acceptors (Lipinski definition) is 2. The molecule has 84 valence electrons. The molecular weight excluding hydrogens is 210 g/mol. The van der Waals surface area contributed by atoms with Gasteiger partial charge in [-0.25, -0.2) is 0 Å². The van der Waals surface area contributed by atoms with Crippen LogP contribution in [0, 0.1) is 6.92 Å². The van der Waals surface area contributed by atoms with E-state index in [1.807, 2.05) is 39.8 Å². The first kappa shape index (κ1) is 12.2. The zero-order valence-corrected chi connectivity index (χ0v) is 10.5. The van der Waals surface area contributed by atoms with Gasteiger partial charge >= 0.3 is 0 Å². The van der Waals surface area contributed by atoms with E-state index < -0.39 is 0 Å². The number of anilines is 1. The van der Waals surface area contributed by atoms with Crippen LogP contribution in [0.2, 0.25) is 5.02 Å². The fraction of sp³-hybridized carbons (Fsp3) is 0.500. The highest BCUT2D eigenvalue weighted by molar-refractivity contribution is 6.31. The van der Waals surface area contributed by atoms with Crippen molar-refractivity contribution in [1.29, 1.82) is 0 Å². The Morgan fingerprint density at radius 2 is 2.07 bits per heavy atom. The second kappa shape index (κ2) is 5.26. The van der Waals surface area contributed by atoms with Gasteiger partial charge in [-0.3, -0.25) is 0 Å². The van der Waals surface area contributed by atoms with E-state index in [-0.39, 0.29) is 6.10 Å². The number of benzene rings is 1. The number of nitrogens with one attached hydrogen (secondary N) is 1. The van der Waals surface area contributed by atoms with Crippen LogP contribution in [0.5, 0.6) is 5.75 Å². The van der Waals surface area contributed by atoms with Crippen LogP contribution >= 0.6 is 11.6 Å². The van der Waals surface area contributed by atoms with Gasteiger partial charge in [0.05, 0.1) is 11.8 Å². The molecule has 0 radical (unpaired) electrons. The highest BCUT2D eigenvalue weighted by atomic mass is 35.5. The van der Waals surface area contributed by atoms with Crippen molar-refractivity contribution in [2.45, 2.75) is 33.8 Å². The van der Waals surface area contributed by atoms with Gasteiger partial charge in [-0.15, -0.1) is 0 Å². The molecule has 0 aromatic heterocycles. The molecule has 3 heteroatoms. The lowest BCUT2D eigenvalue weighted by molar-refractivity contribution is 0.243. The second-order valence-corrected chi connectivity index (χ2v) is 4.20. The average Bonchev–Trinajstić information content (AvgIpc) is 2.13. The SMILES string of the molecule is CCNc1cc(Cl)c(C)cc1OC(C)C. The molecule has 15 heavy (non-hydrogen) atoms. The highest BCUT2D eigenvalue weighted by Gasteiger charge is 2.08. The number of hydrogen-bond donors (Lipinski definition) is 1. The Morgan fingerprint density at radius 3 is 2.60 bits per heavy atom. The summed E-state index contributed by atoms with van der Waals surface area (Å²) in [6, 6.07) is 3.89. The van der Waals surface area contributed by atoms with Crippen molar-refractivity contribution in [3.8, 4) is 5.75 Å². The number of aryl methyl sites for hydroxylation is 1. The van der Waals surface area contributed by atoms with Crippen molar-refractivity contribution in [2.24, 2.45) is 0 Å². The molecule has 0 spiro atoms. The normalized spacial score (nSPS) is 10.5. The van der Waals surface area contributed by atoms with Gasteiger partial charge in [-0.1, -0.05) is 11.6 Å². The molecule has 0 heterocycles. The summed E-state index contributed by atoms with van der Waals surface area (Å²) in [5.74, 6) is 0.869. The molecule has 0 saturated heterocycles. The Hall–Kier alpha value is -0.890. The van der Waals surface area contributed by atoms with Gasteiger partial charge in [-0.05, 0) is 45.4 Å². The summed E-state index contributed by atoms with van der Waals surface area (Å²) < 4.78 is 5.71. The third kappa shape index (κ3) is 3.31. The monoisotopic (exact) mass is 227 g/mol. The molecule has 1 aromatic carbocycles. The highest BCUT2D eigenvalue weighted by Crippen LogP contribution is 2.31. The average molecular weight is 228 g/mol. The number of halogens is 1. The summed E-state index contributed by atoms with van der Waals surface area (Å²) in [6.07, 6.45) is 0.169.